The molecule has 0 saturated heterocycles. The topological polar surface area (TPSA) is 63.5 Å². The first kappa shape index (κ1) is 14.5. The van der Waals surface area contributed by atoms with E-state index in [9.17, 15) is 9.59 Å². The molecule has 0 radical (unpaired) electrons. The summed E-state index contributed by atoms with van der Waals surface area (Å²) in [6.07, 6.45) is 4.47. The third-order valence-electron chi connectivity index (χ3n) is 2.87. The minimum absolute atomic E-state index is 0.238. The van der Waals surface area contributed by atoms with E-state index in [-0.39, 0.29) is 17.3 Å². The molecule has 0 aliphatic rings. The summed E-state index contributed by atoms with van der Waals surface area (Å²) in [5.74, 6) is -0.135. The minimum atomic E-state index is -0.374. The number of amides is 1. The van der Waals surface area contributed by atoms with Crippen molar-refractivity contribution in [1.29, 1.82) is 0 Å². The van der Waals surface area contributed by atoms with Crippen LogP contribution < -0.4 is 10.9 Å². The van der Waals surface area contributed by atoms with Crippen molar-refractivity contribution >= 4 is 45.7 Å². The van der Waals surface area contributed by atoms with Crippen molar-refractivity contribution in [3.63, 3.8) is 0 Å². The Morgan fingerprint density at radius 1 is 1.27 bits per heavy atom. The maximum Gasteiger partial charge on any atom is 0.260 e. The third-order valence-corrected chi connectivity index (χ3v) is 4.13. The summed E-state index contributed by atoms with van der Waals surface area (Å²) in [6.45, 7) is 0. The van der Waals surface area contributed by atoms with E-state index >= 15 is 0 Å². The molecule has 2 heterocycles. The number of aromatic nitrogens is 2. The average Bonchev–Trinajstić information content (AvgIpc) is 2.83. The van der Waals surface area contributed by atoms with Gasteiger partial charge in [-0.25, -0.2) is 9.38 Å². The van der Waals surface area contributed by atoms with E-state index in [0.717, 1.165) is 16.9 Å². The average molecular weight is 332 g/mol. The fourth-order valence-corrected chi connectivity index (χ4v) is 3.01. The van der Waals surface area contributed by atoms with Crippen molar-refractivity contribution in [2.24, 2.45) is 0 Å². The van der Waals surface area contributed by atoms with Crippen molar-refractivity contribution in [2.75, 3.05) is 5.32 Å². The Morgan fingerprint density at radius 3 is 2.82 bits per heavy atom. The second-order valence-corrected chi connectivity index (χ2v) is 5.94. The molecule has 22 heavy (non-hydrogen) atoms. The smallest absolute Gasteiger partial charge is 0.260 e. The number of nitrogens with one attached hydrogen (secondary N) is 1. The van der Waals surface area contributed by atoms with Crippen LogP contribution in [0.15, 0.2) is 53.5 Å². The molecule has 2 aromatic heterocycles. The quantitative estimate of drug-likeness (QED) is 0.750. The Morgan fingerprint density at radius 2 is 2.05 bits per heavy atom. The predicted octanol–water partition coefficient (Wildman–Crippen LogP) is 3.06. The molecule has 0 aliphatic carbocycles. The molecule has 3 aromatic rings. The normalized spacial score (nSPS) is 11.1. The Balaban J connectivity index is 1.87. The molecule has 110 valence electrons. The number of halogens is 1. The van der Waals surface area contributed by atoms with Crippen molar-refractivity contribution in [1.82, 2.24) is 9.38 Å². The van der Waals surface area contributed by atoms with E-state index in [1.165, 1.54) is 22.7 Å². The number of hydrogen-bond acceptors (Lipinski definition) is 4. The van der Waals surface area contributed by atoms with Gasteiger partial charge in [-0.1, -0.05) is 53.3 Å². The number of carbonyl (C=O) groups excluding carboxylic acids is 1. The molecular weight excluding hydrogens is 322 g/mol. The maximum absolute atomic E-state index is 12.0. The van der Waals surface area contributed by atoms with Gasteiger partial charge in [-0.05, 0) is 11.6 Å². The monoisotopic (exact) mass is 331 g/mol. The number of rotatable bonds is 3. The second-order valence-electron chi connectivity index (χ2n) is 4.36. The van der Waals surface area contributed by atoms with Crippen LogP contribution in [0, 0.1) is 0 Å². The molecule has 1 N–H and O–H groups in total. The van der Waals surface area contributed by atoms with Crippen LogP contribution in [0.4, 0.5) is 5.82 Å². The first-order valence-corrected chi connectivity index (χ1v) is 7.55. The van der Waals surface area contributed by atoms with E-state index in [4.69, 9.17) is 11.6 Å². The van der Waals surface area contributed by atoms with Gasteiger partial charge < -0.3 is 5.32 Å². The number of anilines is 1. The molecule has 1 aromatic carbocycles. The highest BCUT2D eigenvalue weighted by Crippen LogP contribution is 2.30. The Bertz CT molecular complexity index is 915. The molecule has 3 rings (SSSR count). The minimum Gasteiger partial charge on any atom is -0.306 e. The van der Waals surface area contributed by atoms with E-state index in [1.54, 1.807) is 6.08 Å². The van der Waals surface area contributed by atoms with Crippen LogP contribution in [-0.4, -0.2) is 15.3 Å². The lowest BCUT2D eigenvalue weighted by Gasteiger charge is -2.02. The summed E-state index contributed by atoms with van der Waals surface area (Å²) >= 11 is 7.21. The number of fused-ring (bicyclic) bond motifs is 1. The van der Waals surface area contributed by atoms with Gasteiger partial charge in [-0.3, -0.25) is 9.59 Å². The van der Waals surface area contributed by atoms with Crippen molar-refractivity contribution < 1.29 is 4.79 Å². The zero-order valence-electron chi connectivity index (χ0n) is 11.2. The van der Waals surface area contributed by atoms with E-state index in [0.29, 0.717) is 9.30 Å². The maximum atomic E-state index is 12.0. The molecule has 0 atom stereocenters. The highest BCUT2D eigenvalue weighted by atomic mass is 35.5. The molecule has 0 unspecified atom stereocenters. The summed E-state index contributed by atoms with van der Waals surface area (Å²) in [5, 5.41) is 2.62. The molecule has 0 aliphatic heterocycles. The van der Waals surface area contributed by atoms with Gasteiger partial charge in [0.1, 0.15) is 4.34 Å². The van der Waals surface area contributed by atoms with Gasteiger partial charge >= 0.3 is 0 Å². The number of hydrogen-bond donors (Lipinski definition) is 1. The zero-order valence-corrected chi connectivity index (χ0v) is 12.8. The predicted molar refractivity (Wildman–Crippen MR) is 88.5 cm³/mol. The highest BCUT2D eigenvalue weighted by molar-refractivity contribution is 7.21. The Labute approximate surface area is 134 Å². The Hall–Kier alpha value is -2.44. The first-order chi connectivity index (χ1) is 10.6. The van der Waals surface area contributed by atoms with Crippen molar-refractivity contribution in [3.05, 3.63) is 68.9 Å². The van der Waals surface area contributed by atoms with Crippen LogP contribution >= 0.6 is 22.9 Å². The van der Waals surface area contributed by atoms with Crippen LogP contribution in [0.3, 0.4) is 0 Å². The van der Waals surface area contributed by atoms with Crippen LogP contribution in [0.1, 0.15) is 5.56 Å². The summed E-state index contributed by atoms with van der Waals surface area (Å²) < 4.78 is 1.58. The lowest BCUT2D eigenvalue weighted by molar-refractivity contribution is -0.111. The SMILES string of the molecule is O=C(C=Cc1ccccc1)Nc1c(Cl)sc2nccc(=O)n12. The molecule has 0 fully saturated rings. The van der Waals surface area contributed by atoms with E-state index < -0.39 is 0 Å². The standard InChI is InChI=1S/C15H10ClN3O2S/c16-13-14(19-12(21)8-9-17-15(19)22-13)18-11(20)7-6-10-4-2-1-3-5-10/h1-9H,(H,18,20). The molecule has 0 spiro atoms. The highest BCUT2D eigenvalue weighted by Gasteiger charge is 2.14. The molecule has 7 heteroatoms. The fourth-order valence-electron chi connectivity index (χ4n) is 1.89. The van der Waals surface area contributed by atoms with Gasteiger partial charge in [0.2, 0.25) is 5.91 Å². The van der Waals surface area contributed by atoms with Crippen molar-refractivity contribution in [3.8, 4) is 0 Å². The van der Waals surface area contributed by atoms with Crippen molar-refractivity contribution in [2.45, 2.75) is 0 Å². The van der Waals surface area contributed by atoms with Gasteiger partial charge in [0.05, 0.1) is 0 Å². The zero-order chi connectivity index (χ0) is 15.5. The molecule has 0 saturated carbocycles. The number of thiazole rings is 1. The first-order valence-electron chi connectivity index (χ1n) is 6.35. The molecular formula is C15H10ClN3O2S. The number of nitrogens with zero attached hydrogens (tertiary/aromatic N) is 2. The summed E-state index contributed by atoms with van der Waals surface area (Å²) in [4.78, 5) is 28.4. The van der Waals surface area contributed by atoms with Crippen LogP contribution in [0.5, 0.6) is 0 Å². The van der Waals surface area contributed by atoms with E-state index in [2.05, 4.69) is 10.3 Å². The van der Waals surface area contributed by atoms with Crippen LogP contribution in [0.25, 0.3) is 11.0 Å². The van der Waals surface area contributed by atoms with Crippen LogP contribution in [-0.2, 0) is 4.79 Å². The molecule has 1 amide bonds. The molecule has 5 nitrogen and oxygen atoms in total. The fraction of sp³-hybridized carbons (Fsp3) is 0. The second kappa shape index (κ2) is 6.13. The van der Waals surface area contributed by atoms with Gasteiger partial charge in [-0.15, -0.1) is 0 Å². The van der Waals surface area contributed by atoms with Crippen LogP contribution in [0.2, 0.25) is 4.34 Å². The van der Waals surface area contributed by atoms with Gasteiger partial charge in [0.25, 0.3) is 5.56 Å². The van der Waals surface area contributed by atoms with Gasteiger partial charge in [0.15, 0.2) is 10.8 Å². The summed E-state index contributed by atoms with van der Waals surface area (Å²) in [7, 11) is 0. The summed E-state index contributed by atoms with van der Waals surface area (Å²) in [6, 6.07) is 10.7. The van der Waals surface area contributed by atoms with Gasteiger partial charge in [0, 0.05) is 18.3 Å². The number of carbonyl (C=O) groups is 1. The summed E-state index contributed by atoms with van der Waals surface area (Å²) in [5.41, 5.74) is 0.605. The van der Waals surface area contributed by atoms with Gasteiger partial charge in [-0.2, -0.15) is 0 Å². The lowest BCUT2D eigenvalue weighted by atomic mass is 10.2. The Kier molecular flexibility index (Phi) is 4.04. The van der Waals surface area contributed by atoms with E-state index in [1.807, 2.05) is 30.3 Å². The lowest BCUT2D eigenvalue weighted by Crippen LogP contribution is -2.17. The number of benzene rings is 1. The molecule has 0 bridgehead atoms. The largest absolute Gasteiger partial charge is 0.306 e. The third kappa shape index (κ3) is 2.93.